The average molecular weight is 530 g/mol. The Balaban J connectivity index is 1.93. The number of nitrogens with zero attached hydrogens (tertiary/aromatic N) is 4. The van der Waals surface area contributed by atoms with Gasteiger partial charge in [-0.1, -0.05) is 20.1 Å². The summed E-state index contributed by atoms with van der Waals surface area (Å²) in [7, 11) is -2.95. The van der Waals surface area contributed by atoms with Crippen LogP contribution in [0, 0.1) is 0 Å². The Morgan fingerprint density at radius 3 is 2.97 bits per heavy atom. The largest absolute Gasteiger partial charge is 0.493 e. The number of sulfonamides is 1. The lowest BCUT2D eigenvalue weighted by atomic mass is 10.1. The molecule has 1 fully saturated rings. The van der Waals surface area contributed by atoms with Crippen LogP contribution in [0.2, 0.25) is 0 Å². The minimum atomic E-state index is -4.63. The number of fused-ring (bicyclic) bond motifs is 1. The fourth-order valence-corrected chi connectivity index (χ4v) is 4.77. The molecule has 10 nitrogen and oxygen atoms in total. The van der Waals surface area contributed by atoms with Crippen molar-refractivity contribution in [3.05, 3.63) is 34.2 Å². The van der Waals surface area contributed by atoms with E-state index in [0.717, 1.165) is 12.1 Å². The molecule has 0 saturated carbocycles. The summed E-state index contributed by atoms with van der Waals surface area (Å²) in [4.78, 5) is 21.2. The van der Waals surface area contributed by atoms with Gasteiger partial charge in [0.25, 0.3) is 5.56 Å². The molecule has 0 aliphatic carbocycles. The van der Waals surface area contributed by atoms with Gasteiger partial charge >= 0.3 is 0 Å². The van der Waals surface area contributed by atoms with Crippen molar-refractivity contribution in [2.75, 3.05) is 26.7 Å². The number of likely N-dealkylation sites (tertiary alicyclic amines) is 1. The second kappa shape index (κ2) is 11.1. The van der Waals surface area contributed by atoms with E-state index in [1.165, 1.54) is 6.07 Å². The van der Waals surface area contributed by atoms with Crippen LogP contribution in [-0.2, 0) is 23.4 Å². The highest BCUT2D eigenvalue weighted by Gasteiger charge is 2.23. The van der Waals surface area contributed by atoms with Crippen molar-refractivity contribution in [1.29, 1.82) is 0 Å². The van der Waals surface area contributed by atoms with Crippen molar-refractivity contribution < 1.29 is 31.0 Å². The Morgan fingerprint density at radius 1 is 1.39 bits per heavy atom. The van der Waals surface area contributed by atoms with Gasteiger partial charge in [-0.25, -0.2) is 18.1 Å². The zero-order valence-corrected chi connectivity index (χ0v) is 20.6. The van der Waals surface area contributed by atoms with Crippen LogP contribution in [0.25, 0.3) is 22.4 Å². The van der Waals surface area contributed by atoms with Crippen LogP contribution in [-0.4, -0.2) is 65.8 Å². The summed E-state index contributed by atoms with van der Waals surface area (Å²) in [6.07, 6.45) is -7.92. The molecule has 0 radical (unpaired) electrons. The van der Waals surface area contributed by atoms with Crippen molar-refractivity contribution in [3.63, 3.8) is 0 Å². The molecule has 3 aromatic rings. The summed E-state index contributed by atoms with van der Waals surface area (Å²) in [5, 5.41) is 3.64. The standard InChI is InChI=1S/C25H36N6O4S/c1-5-8-20-22-23(31(4)29-20)25(32)28-24(27-22)19-16-18(10-11-21(19)35-15-6-2)36(33,34)26-13-12-17-9-7-14-30(17)3/h10-11,16-17,26H,5-9,12-15H2,1-4H3,(H,27,28,32)/i1D3,4D3,5D2,8D2,12D2,13D. The molecule has 2 unspecified atom stereocenters. The number of aryl methyl sites for hydroxylation is 2. The summed E-state index contributed by atoms with van der Waals surface area (Å²) in [6.45, 7) is -6.29. The fourth-order valence-electron chi connectivity index (χ4n) is 3.89. The van der Waals surface area contributed by atoms with Crippen LogP contribution in [0.4, 0.5) is 0 Å². The summed E-state index contributed by atoms with van der Waals surface area (Å²) in [5.41, 5.74) is -4.18. The maximum atomic E-state index is 13.5. The Labute approximate surface area is 230 Å². The molecule has 3 heterocycles. The van der Waals surface area contributed by atoms with E-state index in [0.29, 0.717) is 25.8 Å². The SMILES string of the molecule is [2H]C(NS(=O)(=O)c1ccc(OCCC)c(-c2nc3c(C([2H])([2H])C([2H])([2H])C([2H])([2H])[2H])nn(C([2H])([2H])[2H])c3c(=O)[nH]2)c1)C([2H])([2H])C1CCCN1C. The number of aromatic amines is 1. The molecule has 0 amide bonds. The Kier molecular flexibility index (Phi) is 4.39. The van der Waals surface area contributed by atoms with E-state index in [2.05, 4.69) is 19.8 Å². The lowest BCUT2D eigenvalue weighted by Crippen LogP contribution is -2.31. The highest BCUT2D eigenvalue weighted by atomic mass is 32.2. The first-order chi connectivity index (χ1) is 22.3. The molecular formula is C25H36N6O4S. The number of H-pyrrole nitrogens is 1. The van der Waals surface area contributed by atoms with Crippen molar-refractivity contribution >= 4 is 21.1 Å². The molecule has 1 aliphatic rings. The summed E-state index contributed by atoms with van der Waals surface area (Å²) >= 11 is 0. The van der Waals surface area contributed by atoms with Gasteiger partial charge in [0.1, 0.15) is 17.1 Å². The maximum absolute atomic E-state index is 13.5. The molecule has 0 spiro atoms. The van der Waals surface area contributed by atoms with Gasteiger partial charge in [0.15, 0.2) is 5.52 Å². The van der Waals surface area contributed by atoms with E-state index in [1.54, 1.807) is 18.9 Å². The number of ether oxygens (including phenoxy) is 1. The van der Waals surface area contributed by atoms with Crippen LogP contribution in [0.15, 0.2) is 27.9 Å². The molecule has 1 aliphatic heterocycles. The topological polar surface area (TPSA) is 122 Å². The molecule has 196 valence electrons. The number of aromatic nitrogens is 4. The molecule has 2 N–H and O–H groups in total. The minimum absolute atomic E-state index is 0.0424. The summed E-state index contributed by atoms with van der Waals surface area (Å²) in [6, 6.07) is 2.59. The van der Waals surface area contributed by atoms with E-state index in [4.69, 9.17) is 22.6 Å². The molecule has 2 aromatic heterocycles. The van der Waals surface area contributed by atoms with Crippen LogP contribution in [0.1, 0.15) is 69.3 Å². The van der Waals surface area contributed by atoms with Crippen molar-refractivity contribution in [3.8, 4) is 17.1 Å². The fraction of sp³-hybridized carbons (Fsp3) is 0.560. The molecular weight excluding hydrogens is 480 g/mol. The smallest absolute Gasteiger partial charge is 0.277 e. The molecule has 1 aromatic carbocycles. The zero-order valence-electron chi connectivity index (χ0n) is 32.8. The third-order valence-electron chi connectivity index (χ3n) is 5.70. The van der Waals surface area contributed by atoms with Crippen molar-refractivity contribution in [2.45, 2.75) is 63.1 Å². The monoisotopic (exact) mass is 529 g/mol. The number of benzene rings is 1. The van der Waals surface area contributed by atoms with Crippen molar-refractivity contribution in [2.24, 2.45) is 6.98 Å². The van der Waals surface area contributed by atoms with Crippen LogP contribution in [0.5, 0.6) is 5.75 Å². The lowest BCUT2D eigenvalue weighted by Gasteiger charge is -2.19. The van der Waals surface area contributed by atoms with Crippen LogP contribution in [0.3, 0.4) is 0 Å². The molecule has 0 bridgehead atoms. The number of hydrogen-bond donors (Lipinski definition) is 2. The predicted octanol–water partition coefficient (Wildman–Crippen LogP) is 2.83. The second-order valence-electron chi connectivity index (χ2n) is 8.20. The van der Waals surface area contributed by atoms with E-state index in [-0.39, 0.29) is 22.6 Å². The zero-order chi connectivity index (χ0) is 37.1. The number of hydrogen-bond acceptors (Lipinski definition) is 7. The Bertz CT molecular complexity index is 1880. The normalized spacial score (nSPS) is 24.8. The van der Waals surface area contributed by atoms with Gasteiger partial charge in [0, 0.05) is 37.4 Å². The molecule has 36 heavy (non-hydrogen) atoms. The molecule has 2 atom stereocenters. The van der Waals surface area contributed by atoms with E-state index >= 15 is 0 Å². The second-order valence-corrected chi connectivity index (χ2v) is 9.91. The third kappa shape index (κ3) is 5.47. The minimum Gasteiger partial charge on any atom is -0.493 e. The van der Waals surface area contributed by atoms with Gasteiger partial charge in [0.2, 0.25) is 10.0 Å². The van der Waals surface area contributed by atoms with Gasteiger partial charge in [-0.05, 0) is 63.8 Å². The maximum Gasteiger partial charge on any atom is 0.277 e. The first-order valence-electron chi connectivity index (χ1n) is 17.8. The first kappa shape index (κ1) is 14.3. The lowest BCUT2D eigenvalue weighted by molar-refractivity contribution is 0.297. The Hall–Kier alpha value is -2.76. The quantitative estimate of drug-likeness (QED) is 0.392. The van der Waals surface area contributed by atoms with Crippen LogP contribution < -0.4 is 15.0 Å². The Morgan fingerprint density at radius 2 is 2.25 bits per heavy atom. The van der Waals surface area contributed by atoms with Crippen molar-refractivity contribution in [1.82, 2.24) is 29.4 Å². The van der Waals surface area contributed by atoms with Crippen LogP contribution >= 0.6 is 0 Å². The molecule has 1 saturated heterocycles. The van der Waals surface area contributed by atoms with Gasteiger partial charge in [-0.3, -0.25) is 9.48 Å². The first-order valence-corrected chi connectivity index (χ1v) is 12.7. The van der Waals surface area contributed by atoms with E-state index in [9.17, 15) is 13.2 Å². The molecule has 4 rings (SSSR count). The van der Waals surface area contributed by atoms with Gasteiger partial charge < -0.3 is 14.6 Å². The highest BCUT2D eigenvalue weighted by Crippen LogP contribution is 2.31. The van der Waals surface area contributed by atoms with Gasteiger partial charge in [-0.15, -0.1) is 0 Å². The molecule has 11 heteroatoms. The highest BCUT2D eigenvalue weighted by molar-refractivity contribution is 7.89. The predicted molar refractivity (Wildman–Crippen MR) is 140 cm³/mol. The average Bonchev–Trinajstić information content (AvgIpc) is 3.60. The van der Waals surface area contributed by atoms with Gasteiger partial charge in [-0.2, -0.15) is 5.10 Å². The van der Waals surface area contributed by atoms with E-state index in [1.807, 2.05) is 0 Å². The summed E-state index contributed by atoms with van der Waals surface area (Å²) < 4.78 is 140. The van der Waals surface area contributed by atoms with Gasteiger partial charge in [0.05, 0.1) is 22.8 Å². The third-order valence-corrected chi connectivity index (χ3v) is 7.00. The number of rotatable bonds is 11. The van der Waals surface area contributed by atoms with E-state index < -0.39 is 88.5 Å². The number of nitrogens with one attached hydrogen (secondary N) is 2. The summed E-state index contributed by atoms with van der Waals surface area (Å²) in [5.74, 6) is -0.540.